The molecule has 2 aromatic rings. The van der Waals surface area contributed by atoms with E-state index in [1.165, 1.54) is 12.1 Å². The first-order chi connectivity index (χ1) is 9.62. The van der Waals surface area contributed by atoms with E-state index >= 15 is 0 Å². The van der Waals surface area contributed by atoms with Gasteiger partial charge < -0.3 is 10.6 Å². The molecule has 0 fully saturated rings. The monoisotopic (exact) mass is 338 g/mol. The molecule has 0 atom stereocenters. The lowest BCUT2D eigenvalue weighted by atomic mass is 10.3. The van der Waals surface area contributed by atoms with Gasteiger partial charge in [-0.2, -0.15) is 0 Å². The average molecular weight is 339 g/mol. The van der Waals surface area contributed by atoms with Crippen LogP contribution >= 0.6 is 15.9 Å². The summed E-state index contributed by atoms with van der Waals surface area (Å²) in [6.07, 6.45) is 0.749. The Morgan fingerprint density at radius 3 is 2.55 bits per heavy atom. The first-order valence-corrected chi connectivity index (χ1v) is 7.25. The van der Waals surface area contributed by atoms with Crippen molar-refractivity contribution in [1.82, 2.24) is 9.97 Å². The standard InChI is InChI=1S/C14H16BrFN4/c1-3-12-19-13(17-4-2)8-14(20-12)18-11-6-5-9(16)7-10(11)15/h5-8H,3-4H2,1-2H3,(H2,17,18,19,20). The summed E-state index contributed by atoms with van der Waals surface area (Å²) >= 11 is 3.33. The summed E-state index contributed by atoms with van der Waals surface area (Å²) < 4.78 is 13.7. The maximum atomic E-state index is 13.1. The third-order valence-electron chi connectivity index (χ3n) is 2.64. The number of nitrogens with one attached hydrogen (secondary N) is 2. The molecule has 20 heavy (non-hydrogen) atoms. The van der Waals surface area contributed by atoms with Gasteiger partial charge in [0.1, 0.15) is 23.3 Å². The Morgan fingerprint density at radius 1 is 1.15 bits per heavy atom. The number of hydrogen-bond acceptors (Lipinski definition) is 4. The van der Waals surface area contributed by atoms with Crippen molar-refractivity contribution in [3.8, 4) is 0 Å². The van der Waals surface area contributed by atoms with Gasteiger partial charge in [-0.1, -0.05) is 6.92 Å². The molecule has 6 heteroatoms. The van der Waals surface area contributed by atoms with Crippen LogP contribution in [0.4, 0.5) is 21.7 Å². The van der Waals surface area contributed by atoms with Gasteiger partial charge in [-0.15, -0.1) is 0 Å². The maximum Gasteiger partial charge on any atom is 0.136 e. The summed E-state index contributed by atoms with van der Waals surface area (Å²) in [5.41, 5.74) is 0.759. The molecular weight excluding hydrogens is 323 g/mol. The normalized spacial score (nSPS) is 10.4. The lowest BCUT2D eigenvalue weighted by Gasteiger charge is -2.11. The van der Waals surface area contributed by atoms with Crippen LogP contribution < -0.4 is 10.6 Å². The number of aromatic nitrogens is 2. The number of aryl methyl sites for hydroxylation is 1. The molecule has 2 N–H and O–H groups in total. The summed E-state index contributed by atoms with van der Waals surface area (Å²) in [5, 5.41) is 6.34. The fourth-order valence-corrected chi connectivity index (χ4v) is 2.17. The highest BCUT2D eigenvalue weighted by Crippen LogP contribution is 2.26. The van der Waals surface area contributed by atoms with Gasteiger partial charge in [-0.3, -0.25) is 0 Å². The fraction of sp³-hybridized carbons (Fsp3) is 0.286. The van der Waals surface area contributed by atoms with Gasteiger partial charge in [0, 0.05) is 23.5 Å². The van der Waals surface area contributed by atoms with E-state index < -0.39 is 0 Å². The lowest BCUT2D eigenvalue weighted by Crippen LogP contribution is -2.05. The minimum absolute atomic E-state index is 0.285. The van der Waals surface area contributed by atoms with Crippen molar-refractivity contribution in [3.05, 3.63) is 40.4 Å². The highest BCUT2D eigenvalue weighted by molar-refractivity contribution is 9.10. The average Bonchev–Trinajstić information content (AvgIpc) is 2.42. The van der Waals surface area contributed by atoms with E-state index in [1.807, 2.05) is 19.9 Å². The molecule has 0 saturated carbocycles. The Morgan fingerprint density at radius 2 is 1.90 bits per heavy atom. The molecule has 1 aromatic heterocycles. The summed E-state index contributed by atoms with van der Waals surface area (Å²) in [6.45, 7) is 4.81. The van der Waals surface area contributed by atoms with E-state index in [1.54, 1.807) is 6.07 Å². The Labute approximate surface area is 126 Å². The van der Waals surface area contributed by atoms with Crippen molar-refractivity contribution in [3.63, 3.8) is 0 Å². The smallest absolute Gasteiger partial charge is 0.136 e. The number of hydrogen-bond donors (Lipinski definition) is 2. The van der Waals surface area contributed by atoms with Crippen molar-refractivity contribution in [2.45, 2.75) is 20.3 Å². The third kappa shape index (κ3) is 3.66. The minimum atomic E-state index is -0.285. The molecule has 4 nitrogen and oxygen atoms in total. The van der Waals surface area contributed by atoms with E-state index in [-0.39, 0.29) is 5.82 Å². The Hall–Kier alpha value is -1.69. The van der Waals surface area contributed by atoms with Crippen LogP contribution in [-0.2, 0) is 6.42 Å². The predicted molar refractivity (Wildman–Crippen MR) is 83.0 cm³/mol. The number of halogens is 2. The highest BCUT2D eigenvalue weighted by Gasteiger charge is 2.06. The van der Waals surface area contributed by atoms with E-state index in [9.17, 15) is 4.39 Å². The Kier molecular flexibility index (Phi) is 4.89. The second-order valence-corrected chi connectivity index (χ2v) is 5.04. The van der Waals surface area contributed by atoms with Crippen LogP contribution in [-0.4, -0.2) is 16.5 Å². The van der Waals surface area contributed by atoms with E-state index in [0.717, 1.165) is 30.3 Å². The zero-order valence-electron chi connectivity index (χ0n) is 11.4. The van der Waals surface area contributed by atoms with E-state index in [4.69, 9.17) is 0 Å². The van der Waals surface area contributed by atoms with Crippen LogP contribution in [0.15, 0.2) is 28.7 Å². The largest absolute Gasteiger partial charge is 0.370 e. The third-order valence-corrected chi connectivity index (χ3v) is 3.30. The SMILES string of the molecule is CCNc1cc(Nc2ccc(F)cc2Br)nc(CC)n1. The second-order valence-electron chi connectivity index (χ2n) is 4.19. The summed E-state index contributed by atoms with van der Waals surface area (Å²) in [5.74, 6) is 1.93. The van der Waals surface area contributed by atoms with Crippen LogP contribution in [0.3, 0.4) is 0 Å². The predicted octanol–water partition coefficient (Wildman–Crippen LogP) is 4.12. The van der Waals surface area contributed by atoms with Gasteiger partial charge >= 0.3 is 0 Å². The quantitative estimate of drug-likeness (QED) is 0.861. The molecule has 2 rings (SSSR count). The van der Waals surface area contributed by atoms with E-state index in [0.29, 0.717) is 10.3 Å². The molecule has 0 aliphatic rings. The van der Waals surface area contributed by atoms with Crippen LogP contribution in [0, 0.1) is 5.82 Å². The molecule has 0 bridgehead atoms. The summed E-state index contributed by atoms with van der Waals surface area (Å²) in [4.78, 5) is 8.80. The van der Waals surface area contributed by atoms with Gasteiger partial charge in [-0.25, -0.2) is 14.4 Å². The van der Waals surface area contributed by atoms with Crippen LogP contribution in [0.1, 0.15) is 19.7 Å². The first kappa shape index (κ1) is 14.7. The molecule has 1 aromatic carbocycles. The topological polar surface area (TPSA) is 49.8 Å². The molecule has 0 radical (unpaired) electrons. The Balaban J connectivity index is 2.29. The van der Waals surface area contributed by atoms with E-state index in [2.05, 4.69) is 36.5 Å². The van der Waals surface area contributed by atoms with Crippen molar-refractivity contribution in [2.75, 3.05) is 17.2 Å². The number of nitrogens with zero attached hydrogens (tertiary/aromatic N) is 2. The number of benzene rings is 1. The second kappa shape index (κ2) is 6.65. The molecule has 0 amide bonds. The zero-order chi connectivity index (χ0) is 14.5. The number of anilines is 3. The van der Waals surface area contributed by atoms with Crippen LogP contribution in [0.25, 0.3) is 0 Å². The van der Waals surface area contributed by atoms with Gasteiger partial charge in [0.15, 0.2) is 0 Å². The molecule has 0 spiro atoms. The maximum absolute atomic E-state index is 13.1. The lowest BCUT2D eigenvalue weighted by molar-refractivity contribution is 0.627. The van der Waals surface area contributed by atoms with Crippen molar-refractivity contribution in [2.24, 2.45) is 0 Å². The molecule has 106 valence electrons. The number of rotatable bonds is 5. The molecule has 0 unspecified atom stereocenters. The zero-order valence-corrected chi connectivity index (χ0v) is 13.0. The van der Waals surface area contributed by atoms with Crippen LogP contribution in [0.5, 0.6) is 0 Å². The van der Waals surface area contributed by atoms with Gasteiger partial charge in [-0.05, 0) is 41.1 Å². The van der Waals surface area contributed by atoms with Gasteiger partial charge in [0.25, 0.3) is 0 Å². The first-order valence-electron chi connectivity index (χ1n) is 6.46. The highest BCUT2D eigenvalue weighted by atomic mass is 79.9. The van der Waals surface area contributed by atoms with Crippen LogP contribution in [0.2, 0.25) is 0 Å². The molecule has 1 heterocycles. The van der Waals surface area contributed by atoms with Gasteiger partial charge in [0.2, 0.25) is 0 Å². The van der Waals surface area contributed by atoms with Crippen molar-refractivity contribution < 1.29 is 4.39 Å². The van der Waals surface area contributed by atoms with Gasteiger partial charge in [0.05, 0.1) is 5.69 Å². The fourth-order valence-electron chi connectivity index (χ4n) is 1.72. The molecule has 0 aliphatic heterocycles. The summed E-state index contributed by atoms with van der Waals surface area (Å²) in [6, 6.07) is 6.31. The Bertz CT molecular complexity index is 604. The van der Waals surface area contributed by atoms with Crippen molar-refractivity contribution >= 4 is 33.3 Å². The molecule has 0 saturated heterocycles. The van der Waals surface area contributed by atoms with Crippen molar-refractivity contribution in [1.29, 1.82) is 0 Å². The summed E-state index contributed by atoms with van der Waals surface area (Å²) in [7, 11) is 0. The molecular formula is C14H16BrFN4. The minimum Gasteiger partial charge on any atom is -0.370 e. The molecule has 0 aliphatic carbocycles.